The van der Waals surface area contributed by atoms with Gasteiger partial charge >= 0.3 is 0 Å². The Morgan fingerprint density at radius 3 is 2.62 bits per heavy atom. The van der Waals surface area contributed by atoms with Crippen LogP contribution in [-0.4, -0.2) is 47.3 Å². The molecule has 0 radical (unpaired) electrons. The molecule has 1 aromatic heterocycles. The zero-order chi connectivity index (χ0) is 14.5. The molecule has 1 saturated heterocycles. The number of aromatic nitrogens is 2. The maximum Gasteiger partial charge on any atom is 0.139 e. The van der Waals surface area contributed by atoms with E-state index >= 15 is 0 Å². The molecule has 1 aliphatic heterocycles. The monoisotopic (exact) mass is 349 g/mol. The van der Waals surface area contributed by atoms with E-state index in [9.17, 15) is 0 Å². The molecule has 2 aromatic rings. The second-order valence-electron chi connectivity index (χ2n) is 5.26. The van der Waals surface area contributed by atoms with Crippen molar-refractivity contribution < 1.29 is 4.74 Å². The lowest BCUT2D eigenvalue weighted by atomic mass is 10.2. The first-order valence-corrected chi connectivity index (χ1v) is 8.19. The van der Waals surface area contributed by atoms with Crippen molar-refractivity contribution in [2.45, 2.75) is 13.0 Å². The van der Waals surface area contributed by atoms with Gasteiger partial charge in [0, 0.05) is 48.6 Å². The molecule has 4 nitrogen and oxygen atoms in total. The quantitative estimate of drug-likeness (QED) is 0.830. The van der Waals surface area contributed by atoms with Crippen LogP contribution in [0.15, 0.2) is 41.1 Å². The summed E-state index contributed by atoms with van der Waals surface area (Å²) in [6.45, 7) is 5.99. The van der Waals surface area contributed by atoms with Crippen molar-refractivity contribution in [3.05, 3.63) is 41.1 Å². The third kappa shape index (κ3) is 3.93. The van der Waals surface area contributed by atoms with Crippen LogP contribution >= 0.6 is 15.9 Å². The molecular weight excluding hydrogens is 330 g/mol. The summed E-state index contributed by atoms with van der Waals surface area (Å²) in [5, 5.41) is 0. The fourth-order valence-electron chi connectivity index (χ4n) is 2.64. The van der Waals surface area contributed by atoms with E-state index in [1.807, 2.05) is 6.20 Å². The average Bonchev–Trinajstić information content (AvgIpc) is 2.98. The van der Waals surface area contributed by atoms with Crippen molar-refractivity contribution in [2.24, 2.45) is 0 Å². The summed E-state index contributed by atoms with van der Waals surface area (Å²) in [4.78, 5) is 6.97. The molecule has 0 unspecified atom stereocenters. The van der Waals surface area contributed by atoms with Crippen LogP contribution in [0.4, 0.5) is 0 Å². The van der Waals surface area contributed by atoms with Crippen molar-refractivity contribution >= 4 is 15.9 Å². The van der Waals surface area contributed by atoms with E-state index in [4.69, 9.17) is 4.74 Å². The van der Waals surface area contributed by atoms with Gasteiger partial charge in [-0.05, 0) is 18.6 Å². The smallest absolute Gasteiger partial charge is 0.139 e. The highest BCUT2D eigenvalue weighted by Crippen LogP contribution is 2.20. The number of rotatable bonds is 5. The highest BCUT2D eigenvalue weighted by Gasteiger charge is 2.10. The Labute approximate surface area is 133 Å². The number of halogens is 1. The molecule has 0 spiro atoms. The Morgan fingerprint density at radius 2 is 1.86 bits per heavy atom. The second-order valence-corrected chi connectivity index (χ2v) is 6.17. The van der Waals surface area contributed by atoms with Crippen molar-refractivity contribution in [1.82, 2.24) is 14.5 Å². The maximum atomic E-state index is 5.38. The maximum absolute atomic E-state index is 5.38. The van der Waals surface area contributed by atoms with E-state index in [2.05, 4.69) is 60.8 Å². The standard InChI is InChI=1S/C16H20BrN3O/c17-15-4-2-14(3-5-15)16-18-6-9-20(16)8-1-7-19-10-12-21-13-11-19/h2-6,9H,1,7-8,10-13H2. The van der Waals surface area contributed by atoms with Crippen molar-refractivity contribution in [3.63, 3.8) is 0 Å². The number of ether oxygens (including phenoxy) is 1. The number of hydrogen-bond acceptors (Lipinski definition) is 3. The molecule has 0 aliphatic carbocycles. The van der Waals surface area contributed by atoms with Gasteiger partial charge in [-0.3, -0.25) is 4.90 Å². The van der Waals surface area contributed by atoms with Crippen LogP contribution in [0.1, 0.15) is 6.42 Å². The molecule has 1 aromatic carbocycles. The molecule has 0 saturated carbocycles. The number of nitrogens with zero attached hydrogens (tertiary/aromatic N) is 3. The minimum Gasteiger partial charge on any atom is -0.379 e. The zero-order valence-corrected chi connectivity index (χ0v) is 13.6. The summed E-state index contributed by atoms with van der Waals surface area (Å²) in [5.74, 6) is 1.05. The Hall–Kier alpha value is -1.17. The molecule has 0 amide bonds. The molecule has 1 aliphatic rings. The van der Waals surface area contributed by atoms with Gasteiger partial charge in [0.25, 0.3) is 0 Å². The van der Waals surface area contributed by atoms with Crippen LogP contribution < -0.4 is 0 Å². The van der Waals surface area contributed by atoms with E-state index in [1.54, 1.807) is 0 Å². The number of imidazole rings is 1. The summed E-state index contributed by atoms with van der Waals surface area (Å²) >= 11 is 3.47. The minimum absolute atomic E-state index is 0.870. The van der Waals surface area contributed by atoms with Gasteiger partial charge in [-0.15, -0.1) is 0 Å². The Balaban J connectivity index is 1.59. The van der Waals surface area contributed by atoms with Gasteiger partial charge < -0.3 is 9.30 Å². The fourth-order valence-corrected chi connectivity index (χ4v) is 2.90. The third-order valence-corrected chi connectivity index (χ3v) is 4.32. The van der Waals surface area contributed by atoms with E-state index in [0.717, 1.165) is 61.7 Å². The van der Waals surface area contributed by atoms with Crippen LogP contribution in [-0.2, 0) is 11.3 Å². The Kier molecular flexibility index (Phi) is 5.06. The van der Waals surface area contributed by atoms with Gasteiger partial charge in [0.15, 0.2) is 0 Å². The zero-order valence-electron chi connectivity index (χ0n) is 12.0. The molecule has 3 rings (SSSR count). The van der Waals surface area contributed by atoms with Crippen LogP contribution in [0, 0.1) is 0 Å². The first kappa shape index (κ1) is 14.8. The highest BCUT2D eigenvalue weighted by atomic mass is 79.9. The largest absolute Gasteiger partial charge is 0.379 e. The van der Waals surface area contributed by atoms with E-state index < -0.39 is 0 Å². The molecule has 0 atom stereocenters. The molecule has 5 heteroatoms. The van der Waals surface area contributed by atoms with Gasteiger partial charge in [0.1, 0.15) is 5.82 Å². The van der Waals surface area contributed by atoms with Crippen LogP contribution in [0.5, 0.6) is 0 Å². The Bertz CT molecular complexity index is 561. The van der Waals surface area contributed by atoms with Crippen molar-refractivity contribution in [1.29, 1.82) is 0 Å². The average molecular weight is 350 g/mol. The van der Waals surface area contributed by atoms with Crippen molar-refractivity contribution in [3.8, 4) is 11.4 Å². The lowest BCUT2D eigenvalue weighted by Crippen LogP contribution is -2.37. The molecular formula is C16H20BrN3O. The molecule has 112 valence electrons. The number of morpholine rings is 1. The molecule has 0 N–H and O–H groups in total. The lowest BCUT2D eigenvalue weighted by Gasteiger charge is -2.26. The highest BCUT2D eigenvalue weighted by molar-refractivity contribution is 9.10. The number of hydrogen-bond donors (Lipinski definition) is 0. The van der Waals surface area contributed by atoms with Gasteiger partial charge in [-0.1, -0.05) is 28.1 Å². The first-order valence-electron chi connectivity index (χ1n) is 7.40. The predicted octanol–water partition coefficient (Wildman–Crippen LogP) is 3.03. The van der Waals surface area contributed by atoms with Gasteiger partial charge in [0.2, 0.25) is 0 Å². The third-order valence-electron chi connectivity index (χ3n) is 3.79. The minimum atomic E-state index is 0.870. The summed E-state index contributed by atoms with van der Waals surface area (Å²) in [5.41, 5.74) is 1.16. The number of aryl methyl sites for hydroxylation is 1. The molecule has 21 heavy (non-hydrogen) atoms. The molecule has 2 heterocycles. The Morgan fingerprint density at radius 1 is 1.10 bits per heavy atom. The summed E-state index contributed by atoms with van der Waals surface area (Å²) < 4.78 is 8.71. The summed E-state index contributed by atoms with van der Waals surface area (Å²) in [7, 11) is 0. The molecule has 0 bridgehead atoms. The second kappa shape index (κ2) is 7.20. The lowest BCUT2D eigenvalue weighted by molar-refractivity contribution is 0.0369. The van der Waals surface area contributed by atoms with Gasteiger partial charge in [0.05, 0.1) is 13.2 Å². The predicted molar refractivity (Wildman–Crippen MR) is 87.2 cm³/mol. The van der Waals surface area contributed by atoms with Gasteiger partial charge in [-0.2, -0.15) is 0 Å². The van der Waals surface area contributed by atoms with Crippen molar-refractivity contribution in [2.75, 3.05) is 32.8 Å². The first-order chi connectivity index (χ1) is 10.3. The fraction of sp³-hybridized carbons (Fsp3) is 0.438. The van der Waals surface area contributed by atoms with E-state index in [1.165, 1.54) is 0 Å². The number of benzene rings is 1. The summed E-state index contributed by atoms with van der Waals surface area (Å²) in [6.07, 6.45) is 5.09. The van der Waals surface area contributed by atoms with E-state index in [-0.39, 0.29) is 0 Å². The van der Waals surface area contributed by atoms with Crippen LogP contribution in [0.25, 0.3) is 11.4 Å². The van der Waals surface area contributed by atoms with E-state index in [0.29, 0.717) is 0 Å². The normalized spacial score (nSPS) is 16.2. The molecule has 1 fully saturated rings. The summed E-state index contributed by atoms with van der Waals surface area (Å²) in [6, 6.07) is 8.32. The SMILES string of the molecule is Brc1ccc(-c2nccn2CCCN2CCOCC2)cc1. The van der Waals surface area contributed by atoms with Crippen LogP contribution in [0.3, 0.4) is 0 Å². The van der Waals surface area contributed by atoms with Gasteiger partial charge in [-0.25, -0.2) is 4.98 Å². The van der Waals surface area contributed by atoms with Crippen LogP contribution in [0.2, 0.25) is 0 Å². The topological polar surface area (TPSA) is 30.3 Å².